The lowest BCUT2D eigenvalue weighted by Gasteiger charge is -2.34. The lowest BCUT2D eigenvalue weighted by atomic mass is 10.1. The van der Waals surface area contributed by atoms with Crippen LogP contribution in [0.2, 0.25) is 0 Å². The minimum atomic E-state index is 0.189. The van der Waals surface area contributed by atoms with Crippen LogP contribution in [0.3, 0.4) is 0 Å². The van der Waals surface area contributed by atoms with Crippen molar-refractivity contribution in [3.63, 3.8) is 0 Å². The minimum absolute atomic E-state index is 0.189. The average molecular weight is 254 g/mol. The molecule has 104 valence electrons. The third-order valence-electron chi connectivity index (χ3n) is 3.94. The summed E-state index contributed by atoms with van der Waals surface area (Å²) in [5.41, 5.74) is 0. The molecular formula is C13H26N4O. The number of hydrogen-bond donors (Lipinski definition) is 2. The van der Waals surface area contributed by atoms with E-state index in [-0.39, 0.29) is 5.91 Å². The zero-order chi connectivity index (χ0) is 12.8. The predicted molar refractivity (Wildman–Crippen MR) is 72.6 cm³/mol. The first kappa shape index (κ1) is 13.8. The number of nitrogens with zero attached hydrogens (tertiary/aromatic N) is 2. The van der Waals surface area contributed by atoms with Gasteiger partial charge in [0.25, 0.3) is 0 Å². The van der Waals surface area contributed by atoms with E-state index < -0.39 is 0 Å². The summed E-state index contributed by atoms with van der Waals surface area (Å²) in [4.78, 5) is 16.6. The number of nitrogens with one attached hydrogen (secondary N) is 2. The van der Waals surface area contributed by atoms with E-state index in [4.69, 9.17) is 0 Å². The quantitative estimate of drug-likeness (QED) is 0.709. The van der Waals surface area contributed by atoms with E-state index in [1.54, 1.807) is 0 Å². The van der Waals surface area contributed by atoms with Gasteiger partial charge >= 0.3 is 0 Å². The zero-order valence-electron chi connectivity index (χ0n) is 11.5. The van der Waals surface area contributed by atoms with E-state index in [0.29, 0.717) is 12.6 Å². The Kier molecular flexibility index (Phi) is 5.41. The first-order chi connectivity index (χ1) is 8.78. The second kappa shape index (κ2) is 7.07. The molecule has 0 radical (unpaired) electrons. The van der Waals surface area contributed by atoms with Crippen LogP contribution < -0.4 is 10.6 Å². The van der Waals surface area contributed by atoms with Gasteiger partial charge < -0.3 is 15.5 Å². The molecule has 2 N–H and O–H groups in total. The van der Waals surface area contributed by atoms with Crippen molar-refractivity contribution in [3.8, 4) is 0 Å². The van der Waals surface area contributed by atoms with Gasteiger partial charge in [-0.2, -0.15) is 0 Å². The van der Waals surface area contributed by atoms with Crippen LogP contribution in [-0.4, -0.2) is 74.1 Å². The monoisotopic (exact) mass is 254 g/mol. The topological polar surface area (TPSA) is 47.6 Å². The molecule has 2 saturated heterocycles. The van der Waals surface area contributed by atoms with Crippen LogP contribution in [-0.2, 0) is 4.79 Å². The third-order valence-corrected chi connectivity index (χ3v) is 3.94. The summed E-state index contributed by atoms with van der Waals surface area (Å²) < 4.78 is 0. The van der Waals surface area contributed by atoms with Gasteiger partial charge in [0.2, 0.25) is 5.91 Å². The van der Waals surface area contributed by atoms with Gasteiger partial charge in [-0.3, -0.25) is 9.69 Å². The first-order valence-corrected chi connectivity index (χ1v) is 7.22. The molecule has 0 aromatic heterocycles. The highest BCUT2D eigenvalue weighted by molar-refractivity contribution is 5.78. The molecule has 0 spiro atoms. The van der Waals surface area contributed by atoms with Gasteiger partial charge in [0.1, 0.15) is 0 Å². The van der Waals surface area contributed by atoms with Crippen LogP contribution in [0.15, 0.2) is 0 Å². The number of likely N-dealkylation sites (N-methyl/N-ethyl adjacent to an activating group) is 1. The molecule has 0 saturated carbocycles. The Balaban J connectivity index is 1.65. The Hall–Kier alpha value is -0.650. The fraction of sp³-hybridized carbons (Fsp3) is 0.923. The van der Waals surface area contributed by atoms with E-state index in [9.17, 15) is 4.79 Å². The molecule has 2 aliphatic rings. The second-order valence-corrected chi connectivity index (χ2v) is 5.32. The molecule has 1 atom stereocenters. The molecule has 5 nitrogen and oxygen atoms in total. The van der Waals surface area contributed by atoms with Gasteiger partial charge in [-0.25, -0.2) is 0 Å². The normalized spacial score (nSPS) is 27.1. The molecule has 0 aliphatic carbocycles. The maximum Gasteiger partial charge on any atom is 0.234 e. The standard InChI is InChI=1S/C13H26N4O/c1-2-16-6-8-17(9-7-16)11-13(18)15-12-4-3-5-14-10-12/h12,14H,2-11H2,1H3,(H,15,18)/t12-/m0/s1. The highest BCUT2D eigenvalue weighted by atomic mass is 16.2. The zero-order valence-corrected chi connectivity index (χ0v) is 11.5. The van der Waals surface area contributed by atoms with Crippen molar-refractivity contribution < 1.29 is 4.79 Å². The summed E-state index contributed by atoms with van der Waals surface area (Å²) in [5.74, 6) is 0.189. The average Bonchev–Trinajstić information content (AvgIpc) is 2.40. The lowest BCUT2D eigenvalue weighted by Crippen LogP contribution is -2.52. The number of rotatable bonds is 4. The van der Waals surface area contributed by atoms with Gasteiger partial charge in [-0.05, 0) is 25.9 Å². The number of carbonyl (C=O) groups excluding carboxylic acids is 1. The summed E-state index contributed by atoms with van der Waals surface area (Å²) in [5, 5.41) is 6.46. The lowest BCUT2D eigenvalue weighted by molar-refractivity contribution is -0.123. The molecule has 2 fully saturated rings. The highest BCUT2D eigenvalue weighted by Crippen LogP contribution is 2.03. The van der Waals surface area contributed by atoms with Gasteiger partial charge in [0, 0.05) is 38.8 Å². The Morgan fingerprint density at radius 2 is 2.00 bits per heavy atom. The van der Waals surface area contributed by atoms with E-state index >= 15 is 0 Å². The molecule has 0 aromatic carbocycles. The molecule has 2 heterocycles. The van der Waals surface area contributed by atoms with E-state index in [1.807, 2.05) is 0 Å². The summed E-state index contributed by atoms with van der Waals surface area (Å²) in [6.45, 7) is 10.1. The van der Waals surface area contributed by atoms with Crippen molar-refractivity contribution in [1.82, 2.24) is 20.4 Å². The van der Waals surface area contributed by atoms with Crippen molar-refractivity contribution in [2.24, 2.45) is 0 Å². The van der Waals surface area contributed by atoms with Gasteiger partial charge in [0.15, 0.2) is 0 Å². The number of hydrogen-bond acceptors (Lipinski definition) is 4. The highest BCUT2D eigenvalue weighted by Gasteiger charge is 2.20. The largest absolute Gasteiger partial charge is 0.351 e. The van der Waals surface area contributed by atoms with Crippen LogP contribution in [0.25, 0.3) is 0 Å². The summed E-state index contributed by atoms with van der Waals surface area (Å²) in [6, 6.07) is 0.336. The fourth-order valence-electron chi connectivity index (χ4n) is 2.72. The molecule has 0 unspecified atom stereocenters. The van der Waals surface area contributed by atoms with Crippen molar-refractivity contribution in [2.45, 2.75) is 25.8 Å². The summed E-state index contributed by atoms with van der Waals surface area (Å²) >= 11 is 0. The number of amides is 1. The Labute approximate surface area is 110 Å². The molecule has 2 rings (SSSR count). The number of carbonyl (C=O) groups is 1. The van der Waals surface area contributed by atoms with Crippen molar-refractivity contribution >= 4 is 5.91 Å². The van der Waals surface area contributed by atoms with E-state index in [1.165, 1.54) is 6.42 Å². The number of piperidine rings is 1. The first-order valence-electron chi connectivity index (χ1n) is 7.22. The number of piperazine rings is 1. The maximum absolute atomic E-state index is 11.9. The molecule has 5 heteroatoms. The van der Waals surface area contributed by atoms with Crippen LogP contribution >= 0.6 is 0 Å². The van der Waals surface area contributed by atoms with E-state index in [0.717, 1.165) is 52.2 Å². The van der Waals surface area contributed by atoms with Crippen LogP contribution in [0.4, 0.5) is 0 Å². The van der Waals surface area contributed by atoms with E-state index in [2.05, 4.69) is 27.4 Å². The molecule has 0 aromatic rings. The fourth-order valence-corrected chi connectivity index (χ4v) is 2.72. The van der Waals surface area contributed by atoms with Gasteiger partial charge in [-0.1, -0.05) is 6.92 Å². The molecule has 0 bridgehead atoms. The Morgan fingerprint density at radius 3 is 2.61 bits per heavy atom. The Morgan fingerprint density at radius 1 is 1.28 bits per heavy atom. The van der Waals surface area contributed by atoms with Crippen molar-refractivity contribution in [1.29, 1.82) is 0 Å². The van der Waals surface area contributed by atoms with Crippen LogP contribution in [0, 0.1) is 0 Å². The van der Waals surface area contributed by atoms with Crippen molar-refractivity contribution in [3.05, 3.63) is 0 Å². The second-order valence-electron chi connectivity index (χ2n) is 5.32. The predicted octanol–water partition coefficient (Wildman–Crippen LogP) is -0.508. The van der Waals surface area contributed by atoms with Gasteiger partial charge in [-0.15, -0.1) is 0 Å². The Bertz CT molecular complexity index is 258. The molecule has 2 aliphatic heterocycles. The summed E-state index contributed by atoms with van der Waals surface area (Å²) in [6.07, 6.45) is 2.28. The maximum atomic E-state index is 11.9. The molecular weight excluding hydrogens is 228 g/mol. The summed E-state index contributed by atoms with van der Waals surface area (Å²) in [7, 11) is 0. The SMILES string of the molecule is CCN1CCN(CC(=O)N[C@H]2CCCNC2)CC1. The van der Waals surface area contributed by atoms with Crippen molar-refractivity contribution in [2.75, 3.05) is 52.4 Å². The van der Waals surface area contributed by atoms with Gasteiger partial charge in [0.05, 0.1) is 6.54 Å². The van der Waals surface area contributed by atoms with Crippen LogP contribution in [0.1, 0.15) is 19.8 Å². The minimum Gasteiger partial charge on any atom is -0.351 e. The third kappa shape index (κ3) is 4.23. The molecule has 1 amide bonds. The smallest absolute Gasteiger partial charge is 0.234 e. The van der Waals surface area contributed by atoms with Crippen LogP contribution in [0.5, 0.6) is 0 Å². The molecule has 18 heavy (non-hydrogen) atoms.